The topological polar surface area (TPSA) is 29.1 Å². The third kappa shape index (κ3) is 1.10. The number of hydrogen-bond donors (Lipinski definition) is 0. The van der Waals surface area contributed by atoms with Gasteiger partial charge in [0.25, 0.3) is 0 Å². The first-order valence-corrected chi connectivity index (χ1v) is 2.50. The molecule has 0 N–H and O–H groups in total. The fraction of sp³-hybridized carbons (Fsp3) is 0.333. The standard InChI is InChI=1S/C6H7O2/c7-5-6-3-1-2-4-8-6/h1-4,6H,5H2. The maximum Gasteiger partial charge on any atom is 0.143 e. The van der Waals surface area contributed by atoms with E-state index in [0.717, 1.165) is 0 Å². The summed E-state index contributed by atoms with van der Waals surface area (Å²) >= 11 is 0. The summed E-state index contributed by atoms with van der Waals surface area (Å²) in [5, 5.41) is 10.1. The second-order valence-electron chi connectivity index (χ2n) is 1.55. The van der Waals surface area contributed by atoms with Crippen LogP contribution in [0.1, 0.15) is 0 Å². The predicted molar refractivity (Wildman–Crippen MR) is 28.7 cm³/mol. The number of rotatable bonds is 1. The van der Waals surface area contributed by atoms with E-state index in [1.807, 2.05) is 6.08 Å². The van der Waals surface area contributed by atoms with Crippen molar-refractivity contribution in [3.8, 4) is 0 Å². The van der Waals surface area contributed by atoms with E-state index >= 15 is 0 Å². The molecule has 1 aliphatic rings. The Hall–Kier alpha value is -0.760. The smallest absolute Gasteiger partial charge is 0.143 e. The van der Waals surface area contributed by atoms with Crippen molar-refractivity contribution in [2.75, 3.05) is 6.61 Å². The summed E-state index contributed by atoms with van der Waals surface area (Å²) in [6.45, 7) is -0.194. The summed E-state index contributed by atoms with van der Waals surface area (Å²) in [4.78, 5) is 0. The first-order chi connectivity index (χ1) is 3.93. The van der Waals surface area contributed by atoms with Gasteiger partial charge in [-0.05, 0) is 12.2 Å². The molecule has 1 unspecified atom stereocenters. The van der Waals surface area contributed by atoms with Gasteiger partial charge in [-0.2, -0.15) is 0 Å². The molecule has 1 heterocycles. The zero-order valence-electron chi connectivity index (χ0n) is 4.41. The molecular weight excluding hydrogens is 104 g/mol. The molecule has 2 heteroatoms. The van der Waals surface area contributed by atoms with Crippen LogP contribution in [0.3, 0.4) is 0 Å². The summed E-state index contributed by atoms with van der Waals surface area (Å²) in [6.07, 6.45) is 6.60. The molecule has 1 atom stereocenters. The maximum absolute atomic E-state index is 10.1. The van der Waals surface area contributed by atoms with E-state index in [-0.39, 0.29) is 12.7 Å². The summed E-state index contributed by atoms with van der Waals surface area (Å²) in [7, 11) is 0. The minimum absolute atomic E-state index is 0.194. The van der Waals surface area contributed by atoms with E-state index in [0.29, 0.717) is 0 Å². The van der Waals surface area contributed by atoms with Crippen LogP contribution in [0.4, 0.5) is 0 Å². The SMILES string of the molecule is [O]CC1C=CC=CO1. The van der Waals surface area contributed by atoms with Gasteiger partial charge in [-0.25, -0.2) is 5.11 Å². The third-order valence-electron chi connectivity index (χ3n) is 0.933. The average molecular weight is 111 g/mol. The summed E-state index contributed by atoms with van der Waals surface area (Å²) in [5.41, 5.74) is 0. The molecule has 1 radical (unpaired) electrons. The molecule has 0 aromatic heterocycles. The average Bonchev–Trinajstić information content (AvgIpc) is 1.90. The van der Waals surface area contributed by atoms with Crippen LogP contribution in [-0.4, -0.2) is 12.7 Å². The lowest BCUT2D eigenvalue weighted by Gasteiger charge is -2.09. The van der Waals surface area contributed by atoms with Gasteiger partial charge < -0.3 is 4.74 Å². The zero-order valence-corrected chi connectivity index (χ0v) is 4.41. The highest BCUT2D eigenvalue weighted by Gasteiger charge is 2.02. The molecular formula is C6H7O2. The summed E-state index contributed by atoms with van der Waals surface area (Å²) in [5.74, 6) is 0. The van der Waals surface area contributed by atoms with Gasteiger partial charge in [0.1, 0.15) is 12.7 Å². The normalized spacial score (nSPS) is 25.4. The van der Waals surface area contributed by atoms with Gasteiger partial charge in [0, 0.05) is 0 Å². The molecule has 2 nitrogen and oxygen atoms in total. The van der Waals surface area contributed by atoms with Gasteiger partial charge >= 0.3 is 0 Å². The van der Waals surface area contributed by atoms with Crippen LogP contribution in [0.15, 0.2) is 24.5 Å². The highest BCUT2D eigenvalue weighted by atomic mass is 16.5. The lowest BCUT2D eigenvalue weighted by molar-refractivity contribution is 0.0696. The first kappa shape index (κ1) is 5.38. The zero-order chi connectivity index (χ0) is 5.82. The fourth-order valence-corrected chi connectivity index (χ4v) is 0.520. The third-order valence-corrected chi connectivity index (χ3v) is 0.933. The molecule has 0 saturated carbocycles. The van der Waals surface area contributed by atoms with E-state index in [4.69, 9.17) is 4.74 Å². The van der Waals surface area contributed by atoms with E-state index in [1.165, 1.54) is 6.26 Å². The fourth-order valence-electron chi connectivity index (χ4n) is 0.520. The molecule has 8 heavy (non-hydrogen) atoms. The van der Waals surface area contributed by atoms with Crippen LogP contribution in [0.2, 0.25) is 0 Å². The Morgan fingerprint density at radius 3 is 2.75 bits per heavy atom. The van der Waals surface area contributed by atoms with Crippen LogP contribution in [0.5, 0.6) is 0 Å². The molecule has 0 aromatic rings. The molecule has 0 bridgehead atoms. The predicted octanol–water partition coefficient (Wildman–Crippen LogP) is 0.886. The molecule has 0 fully saturated rings. The molecule has 0 spiro atoms. The highest BCUT2D eigenvalue weighted by Crippen LogP contribution is 1.99. The molecule has 0 aromatic carbocycles. The second-order valence-corrected chi connectivity index (χ2v) is 1.55. The largest absolute Gasteiger partial charge is 0.491 e. The van der Waals surface area contributed by atoms with Crippen LogP contribution in [0.25, 0.3) is 0 Å². The van der Waals surface area contributed by atoms with Crippen molar-refractivity contribution in [3.05, 3.63) is 24.5 Å². The Bertz CT molecular complexity index is 116. The molecule has 0 aliphatic carbocycles. The quantitative estimate of drug-likeness (QED) is 0.494. The first-order valence-electron chi connectivity index (χ1n) is 2.50. The monoisotopic (exact) mass is 111 g/mol. The molecule has 1 rings (SSSR count). The molecule has 43 valence electrons. The van der Waals surface area contributed by atoms with Gasteiger partial charge in [0.15, 0.2) is 0 Å². The van der Waals surface area contributed by atoms with Crippen molar-refractivity contribution in [1.82, 2.24) is 0 Å². The van der Waals surface area contributed by atoms with Crippen molar-refractivity contribution in [1.29, 1.82) is 0 Å². The number of hydrogen-bond acceptors (Lipinski definition) is 1. The van der Waals surface area contributed by atoms with E-state index < -0.39 is 0 Å². The van der Waals surface area contributed by atoms with E-state index in [9.17, 15) is 5.11 Å². The van der Waals surface area contributed by atoms with Crippen molar-refractivity contribution < 1.29 is 9.84 Å². The lowest BCUT2D eigenvalue weighted by Crippen LogP contribution is -2.11. The van der Waals surface area contributed by atoms with Crippen LogP contribution >= 0.6 is 0 Å². The van der Waals surface area contributed by atoms with Crippen molar-refractivity contribution in [3.63, 3.8) is 0 Å². The Kier molecular flexibility index (Phi) is 1.70. The number of ether oxygens (including phenoxy) is 1. The van der Waals surface area contributed by atoms with Crippen LogP contribution < -0.4 is 0 Å². The van der Waals surface area contributed by atoms with Gasteiger partial charge in [-0.15, -0.1) is 0 Å². The van der Waals surface area contributed by atoms with Crippen LogP contribution in [0, 0.1) is 0 Å². The highest BCUT2D eigenvalue weighted by molar-refractivity contribution is 5.07. The number of allylic oxidation sites excluding steroid dienone is 2. The lowest BCUT2D eigenvalue weighted by atomic mass is 10.3. The Morgan fingerprint density at radius 1 is 1.50 bits per heavy atom. The molecule has 1 aliphatic heterocycles. The minimum Gasteiger partial charge on any atom is -0.491 e. The van der Waals surface area contributed by atoms with Gasteiger partial charge in [-0.1, -0.05) is 6.08 Å². The molecule has 0 amide bonds. The summed E-state index contributed by atoms with van der Waals surface area (Å²) < 4.78 is 4.85. The maximum atomic E-state index is 10.1. The van der Waals surface area contributed by atoms with E-state index in [2.05, 4.69) is 0 Å². The Labute approximate surface area is 48.1 Å². The Morgan fingerprint density at radius 2 is 2.38 bits per heavy atom. The van der Waals surface area contributed by atoms with Crippen molar-refractivity contribution >= 4 is 0 Å². The van der Waals surface area contributed by atoms with Gasteiger partial charge in [0.05, 0.1) is 6.26 Å². The van der Waals surface area contributed by atoms with Gasteiger partial charge in [-0.3, -0.25) is 0 Å². The minimum atomic E-state index is -0.236. The molecule has 0 saturated heterocycles. The second kappa shape index (κ2) is 2.52. The van der Waals surface area contributed by atoms with Crippen molar-refractivity contribution in [2.24, 2.45) is 0 Å². The van der Waals surface area contributed by atoms with E-state index in [1.54, 1.807) is 12.2 Å². The Balaban J connectivity index is 2.40. The van der Waals surface area contributed by atoms with Gasteiger partial charge in [0.2, 0.25) is 0 Å². The van der Waals surface area contributed by atoms with Crippen molar-refractivity contribution in [2.45, 2.75) is 6.10 Å². The van der Waals surface area contributed by atoms with Crippen LogP contribution in [-0.2, 0) is 9.84 Å². The summed E-state index contributed by atoms with van der Waals surface area (Å²) in [6, 6.07) is 0.